The maximum atomic E-state index is 12.0. The van der Waals surface area contributed by atoms with Crippen molar-refractivity contribution in [2.45, 2.75) is 19.4 Å². The zero-order chi connectivity index (χ0) is 19.8. The van der Waals surface area contributed by atoms with Gasteiger partial charge >= 0.3 is 11.8 Å². The maximum absolute atomic E-state index is 12.0. The average Bonchev–Trinajstić information content (AvgIpc) is 2.73. The number of nitrogens with zero attached hydrogens (tertiary/aromatic N) is 2. The van der Waals surface area contributed by atoms with Gasteiger partial charge in [-0.05, 0) is 36.9 Å². The first kappa shape index (κ1) is 19.6. The molecule has 146 valence electrons. The summed E-state index contributed by atoms with van der Waals surface area (Å²) >= 11 is 0. The number of nitrogens with one attached hydrogen (secondary N) is 2. The van der Waals surface area contributed by atoms with Crippen molar-refractivity contribution in [3.8, 4) is 5.75 Å². The molecule has 7 nitrogen and oxygen atoms in total. The summed E-state index contributed by atoms with van der Waals surface area (Å²) in [5, 5.41) is 6.61. The van der Waals surface area contributed by atoms with Crippen molar-refractivity contribution in [2.24, 2.45) is 5.10 Å². The van der Waals surface area contributed by atoms with E-state index in [-0.39, 0.29) is 0 Å². The number of carbonyl (C=O) groups excluding carboxylic acids is 2. The van der Waals surface area contributed by atoms with Crippen LogP contribution in [0.2, 0.25) is 0 Å². The Bertz CT molecular complexity index is 824. The molecule has 1 fully saturated rings. The van der Waals surface area contributed by atoms with Gasteiger partial charge in [-0.1, -0.05) is 30.3 Å². The highest BCUT2D eigenvalue weighted by atomic mass is 16.5. The molecule has 0 aliphatic carbocycles. The molecule has 2 aromatic carbocycles. The van der Waals surface area contributed by atoms with Crippen LogP contribution in [-0.2, 0) is 16.2 Å². The lowest BCUT2D eigenvalue weighted by Crippen LogP contribution is -2.35. The number of likely N-dealkylation sites (tertiary alicyclic amines) is 1. The molecule has 2 N–H and O–H groups in total. The van der Waals surface area contributed by atoms with E-state index in [0.717, 1.165) is 37.2 Å². The van der Waals surface area contributed by atoms with Crippen LogP contribution in [-0.4, -0.2) is 42.6 Å². The van der Waals surface area contributed by atoms with E-state index in [9.17, 15) is 9.59 Å². The van der Waals surface area contributed by atoms with Crippen LogP contribution < -0.4 is 15.5 Å². The highest BCUT2D eigenvalue weighted by molar-refractivity contribution is 6.39. The Morgan fingerprint density at radius 1 is 1.00 bits per heavy atom. The molecule has 1 aliphatic rings. The maximum Gasteiger partial charge on any atom is 0.329 e. The number of hydrogen-bond acceptors (Lipinski definition) is 5. The minimum atomic E-state index is -0.782. The molecule has 0 atom stereocenters. The second-order valence-corrected chi connectivity index (χ2v) is 6.68. The van der Waals surface area contributed by atoms with Gasteiger partial charge in [0.25, 0.3) is 0 Å². The largest absolute Gasteiger partial charge is 0.489 e. The molecular weight excluding hydrogens is 356 g/mol. The first-order valence-corrected chi connectivity index (χ1v) is 9.22. The number of ether oxygens (including phenoxy) is 1. The zero-order valence-corrected chi connectivity index (χ0v) is 15.9. The summed E-state index contributed by atoms with van der Waals surface area (Å²) in [5.41, 5.74) is 4.82. The normalized spacial score (nSPS) is 14.2. The molecule has 2 amide bonds. The van der Waals surface area contributed by atoms with Crippen molar-refractivity contribution in [1.82, 2.24) is 10.3 Å². The van der Waals surface area contributed by atoms with E-state index in [1.54, 1.807) is 24.3 Å². The third kappa shape index (κ3) is 5.92. The first-order valence-electron chi connectivity index (χ1n) is 9.22. The number of benzene rings is 2. The summed E-state index contributed by atoms with van der Waals surface area (Å²) in [4.78, 5) is 26.1. The average molecular weight is 380 g/mol. The fraction of sp³-hybridized carbons (Fsp3) is 0.286. The Morgan fingerprint density at radius 3 is 2.36 bits per heavy atom. The van der Waals surface area contributed by atoms with Crippen molar-refractivity contribution >= 4 is 23.2 Å². The standard InChI is InChI=1S/C21H24N4O3/c1-25-13-11-18(12-14-25)23-24-21(27)20(26)22-17-7-9-19(10-8-17)28-15-16-5-3-2-4-6-16/h2-10H,11-15H2,1H3,(H,22,26)(H,24,27). The lowest BCUT2D eigenvalue weighted by atomic mass is 10.1. The number of amides is 2. The Kier molecular flexibility index (Phi) is 6.75. The molecule has 0 spiro atoms. The molecular formula is C21H24N4O3. The Balaban J connectivity index is 1.45. The SMILES string of the molecule is CN1CCC(=NNC(=O)C(=O)Nc2ccc(OCc3ccccc3)cc2)CC1. The van der Waals surface area contributed by atoms with Crippen LogP contribution in [0.1, 0.15) is 18.4 Å². The third-order valence-corrected chi connectivity index (χ3v) is 4.45. The van der Waals surface area contributed by atoms with Gasteiger partial charge in [-0.25, -0.2) is 5.43 Å². The summed E-state index contributed by atoms with van der Waals surface area (Å²) in [7, 11) is 2.04. The van der Waals surface area contributed by atoms with E-state index in [4.69, 9.17) is 4.74 Å². The molecule has 7 heteroatoms. The first-order chi connectivity index (χ1) is 13.6. The van der Waals surface area contributed by atoms with Crippen LogP contribution >= 0.6 is 0 Å². The van der Waals surface area contributed by atoms with Gasteiger partial charge in [0.1, 0.15) is 12.4 Å². The van der Waals surface area contributed by atoms with Gasteiger partial charge in [0, 0.05) is 37.3 Å². The zero-order valence-electron chi connectivity index (χ0n) is 15.9. The van der Waals surface area contributed by atoms with Gasteiger partial charge in [0.15, 0.2) is 0 Å². The molecule has 0 bridgehead atoms. The highest BCUT2D eigenvalue weighted by Crippen LogP contribution is 2.17. The molecule has 2 aromatic rings. The second-order valence-electron chi connectivity index (χ2n) is 6.68. The number of hydrazone groups is 1. The minimum Gasteiger partial charge on any atom is -0.489 e. The highest BCUT2D eigenvalue weighted by Gasteiger charge is 2.15. The molecule has 0 saturated carbocycles. The Labute approximate surface area is 164 Å². The van der Waals surface area contributed by atoms with E-state index < -0.39 is 11.8 Å². The fourth-order valence-corrected chi connectivity index (χ4v) is 2.73. The number of hydrogen-bond donors (Lipinski definition) is 2. The quantitative estimate of drug-likeness (QED) is 0.616. The Hall–Kier alpha value is -3.19. The van der Waals surface area contributed by atoms with Gasteiger partial charge in [0.2, 0.25) is 0 Å². The minimum absolute atomic E-state index is 0.463. The predicted molar refractivity (Wildman–Crippen MR) is 108 cm³/mol. The van der Waals surface area contributed by atoms with Gasteiger partial charge in [-0.15, -0.1) is 0 Å². The molecule has 3 rings (SSSR count). The molecule has 0 aromatic heterocycles. The predicted octanol–water partition coefficient (Wildman–Crippen LogP) is 2.40. The molecule has 0 unspecified atom stereocenters. The van der Waals surface area contributed by atoms with Crippen molar-refractivity contribution in [3.63, 3.8) is 0 Å². The second kappa shape index (κ2) is 9.66. The molecule has 28 heavy (non-hydrogen) atoms. The molecule has 1 heterocycles. The van der Waals surface area contributed by atoms with Crippen LogP contribution in [0.3, 0.4) is 0 Å². The lowest BCUT2D eigenvalue weighted by molar-refractivity contribution is -0.136. The summed E-state index contributed by atoms with van der Waals surface area (Å²) in [6, 6.07) is 16.7. The van der Waals surface area contributed by atoms with Crippen molar-refractivity contribution in [2.75, 3.05) is 25.5 Å². The van der Waals surface area contributed by atoms with E-state index in [1.807, 2.05) is 37.4 Å². The summed E-state index contributed by atoms with van der Waals surface area (Å²) < 4.78 is 5.70. The molecule has 0 radical (unpaired) electrons. The smallest absolute Gasteiger partial charge is 0.329 e. The fourth-order valence-electron chi connectivity index (χ4n) is 2.73. The topological polar surface area (TPSA) is 83.0 Å². The number of carbonyl (C=O) groups is 2. The third-order valence-electron chi connectivity index (χ3n) is 4.45. The van der Waals surface area contributed by atoms with E-state index in [2.05, 4.69) is 20.7 Å². The van der Waals surface area contributed by atoms with Crippen molar-refractivity contribution in [1.29, 1.82) is 0 Å². The Morgan fingerprint density at radius 2 is 1.68 bits per heavy atom. The van der Waals surface area contributed by atoms with Crippen molar-refractivity contribution < 1.29 is 14.3 Å². The van der Waals surface area contributed by atoms with E-state index in [1.165, 1.54) is 0 Å². The van der Waals surface area contributed by atoms with E-state index in [0.29, 0.717) is 18.0 Å². The summed E-state index contributed by atoms with van der Waals surface area (Å²) in [5.74, 6) is -0.856. The number of anilines is 1. The van der Waals surface area contributed by atoms with Gasteiger partial charge in [-0.3, -0.25) is 9.59 Å². The molecule has 1 saturated heterocycles. The van der Waals surface area contributed by atoms with Gasteiger partial charge in [0.05, 0.1) is 0 Å². The van der Waals surface area contributed by atoms with Crippen molar-refractivity contribution in [3.05, 3.63) is 60.2 Å². The number of rotatable bonds is 5. The monoisotopic (exact) mass is 380 g/mol. The summed E-state index contributed by atoms with van der Waals surface area (Å²) in [6.07, 6.45) is 1.59. The lowest BCUT2D eigenvalue weighted by Gasteiger charge is -2.22. The van der Waals surface area contributed by atoms with Crippen LogP contribution in [0.5, 0.6) is 5.75 Å². The van der Waals surface area contributed by atoms with Crippen LogP contribution in [0.15, 0.2) is 59.7 Å². The van der Waals surface area contributed by atoms with Gasteiger partial charge in [-0.2, -0.15) is 5.10 Å². The molecule has 1 aliphatic heterocycles. The van der Waals surface area contributed by atoms with E-state index >= 15 is 0 Å². The number of piperidine rings is 1. The van der Waals surface area contributed by atoms with Crippen LogP contribution in [0.25, 0.3) is 0 Å². The van der Waals surface area contributed by atoms with Crippen LogP contribution in [0.4, 0.5) is 5.69 Å². The van der Waals surface area contributed by atoms with Crippen LogP contribution in [0, 0.1) is 0 Å². The van der Waals surface area contributed by atoms with Gasteiger partial charge < -0.3 is 15.0 Å². The summed E-state index contributed by atoms with van der Waals surface area (Å²) in [6.45, 7) is 2.27.